The first-order chi connectivity index (χ1) is 16.2. The molecule has 0 amide bonds. The fraction of sp³-hybridized carbons (Fsp3) is 0.550. The van der Waals surface area contributed by atoms with Crippen LogP contribution < -0.4 is 11.2 Å². The molecule has 2 rings (SSSR count). The second-order valence-electron chi connectivity index (χ2n) is 6.26. The topological polar surface area (TPSA) is 143 Å². The molecule has 1 aliphatic rings. The third-order valence-electron chi connectivity index (χ3n) is 4.24. The quantitative estimate of drug-likeness (QED) is 0.337. The van der Waals surface area contributed by atoms with Crippen molar-refractivity contribution in [3.8, 4) is 12.3 Å². The van der Waals surface area contributed by atoms with E-state index in [4.69, 9.17) is 29.5 Å². The lowest BCUT2D eigenvalue weighted by Gasteiger charge is -2.24. The molecule has 0 spiro atoms. The molecule has 1 aromatic heterocycles. The van der Waals surface area contributed by atoms with E-state index in [1.807, 2.05) is 4.98 Å². The average Bonchev–Trinajstić information content (AvgIpc) is 3.09. The van der Waals surface area contributed by atoms with Crippen LogP contribution >= 0.6 is 0 Å². The standard InChI is InChI=1S/C20H24N2O9/c1-5-11-9-22(20(27)21-18(11)26)19-17(31-15(25)8-4)16(30-14(24)7-3)12(29-19)10-28-13(23)6-2/h1,9,12,16-17,19H,6-8,10H2,2-4H3,(H,21,26,27)/t12-,16-,17+,19?/m1/s1/i2D,3D,4D. The fourth-order valence-corrected chi connectivity index (χ4v) is 2.78. The van der Waals surface area contributed by atoms with Gasteiger partial charge in [-0.25, -0.2) is 4.79 Å². The van der Waals surface area contributed by atoms with Gasteiger partial charge in [-0.15, -0.1) is 6.42 Å². The van der Waals surface area contributed by atoms with Crippen molar-refractivity contribution in [2.24, 2.45) is 0 Å². The van der Waals surface area contributed by atoms with Gasteiger partial charge in [0.25, 0.3) is 5.56 Å². The van der Waals surface area contributed by atoms with E-state index in [-0.39, 0.29) is 45.5 Å². The van der Waals surface area contributed by atoms with Crippen LogP contribution in [0.1, 0.15) is 55.9 Å². The Bertz CT molecular complexity index is 1050. The lowest BCUT2D eigenvalue weighted by atomic mass is 10.1. The number of hydrogen-bond donors (Lipinski definition) is 1. The summed E-state index contributed by atoms with van der Waals surface area (Å²) < 4.78 is 43.9. The molecule has 0 aromatic carbocycles. The molecule has 0 radical (unpaired) electrons. The minimum absolute atomic E-state index is 0.202. The maximum absolute atomic E-state index is 12.5. The summed E-state index contributed by atoms with van der Waals surface area (Å²) in [5, 5.41) is 0. The lowest BCUT2D eigenvalue weighted by molar-refractivity contribution is -0.169. The molecule has 1 aliphatic heterocycles. The molecule has 0 saturated carbocycles. The van der Waals surface area contributed by atoms with Crippen molar-refractivity contribution in [1.29, 1.82) is 0 Å². The summed E-state index contributed by atoms with van der Waals surface area (Å²) in [6.45, 7) is -1.27. The number of aromatic amines is 1. The van der Waals surface area contributed by atoms with Crippen LogP contribution in [-0.2, 0) is 33.3 Å². The first kappa shape index (κ1) is 19.6. The molecule has 11 nitrogen and oxygen atoms in total. The van der Waals surface area contributed by atoms with Crippen LogP contribution in [0.25, 0.3) is 0 Å². The van der Waals surface area contributed by atoms with E-state index in [1.165, 1.54) is 0 Å². The van der Waals surface area contributed by atoms with Crippen molar-refractivity contribution in [2.75, 3.05) is 6.61 Å². The monoisotopic (exact) mass is 439 g/mol. The van der Waals surface area contributed by atoms with Gasteiger partial charge in [0.1, 0.15) is 18.3 Å². The summed E-state index contributed by atoms with van der Waals surface area (Å²) in [5.41, 5.74) is -2.02. The molecular weight excluding hydrogens is 412 g/mol. The minimum Gasteiger partial charge on any atom is -0.463 e. The van der Waals surface area contributed by atoms with Gasteiger partial charge < -0.3 is 18.9 Å². The maximum Gasteiger partial charge on any atom is 0.330 e. The van der Waals surface area contributed by atoms with E-state index >= 15 is 0 Å². The molecule has 0 bridgehead atoms. The van der Waals surface area contributed by atoms with Gasteiger partial charge in [0.05, 0.1) is 0 Å². The van der Waals surface area contributed by atoms with Crippen LogP contribution in [0.2, 0.25) is 0 Å². The number of terminal acetylenes is 1. The molecule has 31 heavy (non-hydrogen) atoms. The highest BCUT2D eigenvalue weighted by atomic mass is 16.7. The van der Waals surface area contributed by atoms with E-state index in [0.717, 1.165) is 10.8 Å². The Labute approximate surface area is 181 Å². The third kappa shape index (κ3) is 5.61. The summed E-state index contributed by atoms with van der Waals surface area (Å²) >= 11 is 0. The van der Waals surface area contributed by atoms with Gasteiger partial charge in [-0.2, -0.15) is 0 Å². The highest BCUT2D eigenvalue weighted by Gasteiger charge is 2.51. The maximum atomic E-state index is 12.5. The Morgan fingerprint density at radius 2 is 1.74 bits per heavy atom. The number of rotatable bonds is 8. The predicted octanol–water partition coefficient (Wildman–Crippen LogP) is 0.0121. The molecule has 1 saturated heterocycles. The number of carbonyl (C=O) groups is 3. The number of esters is 3. The Morgan fingerprint density at radius 1 is 1.13 bits per heavy atom. The highest BCUT2D eigenvalue weighted by Crippen LogP contribution is 2.34. The van der Waals surface area contributed by atoms with Gasteiger partial charge >= 0.3 is 23.6 Å². The van der Waals surface area contributed by atoms with E-state index in [2.05, 4.69) is 5.92 Å². The highest BCUT2D eigenvalue weighted by molar-refractivity contribution is 5.70. The normalized spacial score (nSPS) is 23.6. The Balaban J connectivity index is 2.48. The molecule has 4 atom stereocenters. The van der Waals surface area contributed by atoms with Crippen molar-refractivity contribution in [3.63, 3.8) is 0 Å². The van der Waals surface area contributed by atoms with Crippen molar-refractivity contribution in [3.05, 3.63) is 32.6 Å². The van der Waals surface area contributed by atoms with Gasteiger partial charge in [0.2, 0.25) is 0 Å². The molecule has 1 N–H and O–H groups in total. The summed E-state index contributed by atoms with van der Waals surface area (Å²) in [6, 6.07) is 0. The molecule has 168 valence electrons. The molecule has 2 heterocycles. The molecule has 11 heteroatoms. The van der Waals surface area contributed by atoms with Crippen LogP contribution in [0.4, 0.5) is 0 Å². The van der Waals surface area contributed by atoms with Gasteiger partial charge in [-0.1, -0.05) is 26.6 Å². The second-order valence-corrected chi connectivity index (χ2v) is 6.26. The van der Waals surface area contributed by atoms with Gasteiger partial charge in [-0.05, 0) is 0 Å². The number of hydrogen-bond acceptors (Lipinski definition) is 9. The van der Waals surface area contributed by atoms with Gasteiger partial charge in [0, 0.05) is 29.6 Å². The SMILES string of the molecule is [2H]CCC(=O)OC[C@H]1OC(n2cc(C#C)c(=O)[nH]c2=O)[C@@H](OC(=O)CC[2H])[C@@H]1OC(=O)CC[2H]. The average molecular weight is 439 g/mol. The zero-order valence-corrected chi connectivity index (χ0v) is 16.5. The van der Waals surface area contributed by atoms with E-state index in [9.17, 15) is 24.0 Å². The minimum atomic E-state index is -1.44. The van der Waals surface area contributed by atoms with Crippen molar-refractivity contribution in [2.45, 2.75) is 64.5 Å². The van der Waals surface area contributed by atoms with Crippen LogP contribution in [0, 0.1) is 12.3 Å². The van der Waals surface area contributed by atoms with E-state index in [1.54, 1.807) is 0 Å². The van der Waals surface area contributed by atoms with Crippen LogP contribution in [0.3, 0.4) is 0 Å². The molecule has 0 aliphatic carbocycles. The summed E-state index contributed by atoms with van der Waals surface area (Å²) in [7, 11) is 0. The summed E-state index contributed by atoms with van der Waals surface area (Å²) in [6.07, 6.45) is 0.0355. The number of nitrogens with zero attached hydrogens (tertiary/aromatic N) is 1. The van der Waals surface area contributed by atoms with Gasteiger partial charge in [-0.3, -0.25) is 28.7 Å². The molecule has 1 fully saturated rings. The number of ether oxygens (including phenoxy) is 4. The number of nitrogens with one attached hydrogen (secondary N) is 1. The Morgan fingerprint density at radius 3 is 2.35 bits per heavy atom. The molecule has 1 unspecified atom stereocenters. The van der Waals surface area contributed by atoms with E-state index in [0.29, 0.717) is 0 Å². The smallest absolute Gasteiger partial charge is 0.330 e. The van der Waals surface area contributed by atoms with Crippen molar-refractivity contribution in [1.82, 2.24) is 9.55 Å². The summed E-state index contributed by atoms with van der Waals surface area (Å²) in [4.78, 5) is 62.5. The molecular formula is C20H24N2O9. The van der Waals surface area contributed by atoms with Crippen LogP contribution in [-0.4, -0.2) is 52.4 Å². The Kier molecular flexibility index (Phi) is 6.68. The van der Waals surface area contributed by atoms with Crippen LogP contribution in [0.5, 0.6) is 0 Å². The van der Waals surface area contributed by atoms with E-state index < -0.39 is 60.3 Å². The fourth-order valence-electron chi connectivity index (χ4n) is 2.78. The first-order valence-corrected chi connectivity index (χ1v) is 9.15. The largest absolute Gasteiger partial charge is 0.463 e. The van der Waals surface area contributed by atoms with Gasteiger partial charge in [0.15, 0.2) is 18.4 Å². The molecule has 1 aromatic rings. The lowest BCUT2D eigenvalue weighted by Crippen LogP contribution is -2.43. The number of aromatic nitrogens is 2. The van der Waals surface area contributed by atoms with Crippen molar-refractivity contribution >= 4 is 17.9 Å². The second kappa shape index (κ2) is 10.6. The van der Waals surface area contributed by atoms with Crippen LogP contribution in [0.15, 0.2) is 15.8 Å². The predicted molar refractivity (Wildman–Crippen MR) is 105 cm³/mol. The zero-order chi connectivity index (χ0) is 25.3. The third-order valence-corrected chi connectivity index (χ3v) is 4.24. The summed E-state index contributed by atoms with van der Waals surface area (Å²) in [5.74, 6) is -0.300. The van der Waals surface area contributed by atoms with Crippen molar-refractivity contribution < 1.29 is 37.4 Å². The first-order valence-electron chi connectivity index (χ1n) is 11.3. The number of H-pyrrole nitrogens is 1. The Hall–Kier alpha value is -3.39. The zero-order valence-electron chi connectivity index (χ0n) is 19.5. The number of carbonyl (C=O) groups excluding carboxylic acids is 3.